The summed E-state index contributed by atoms with van der Waals surface area (Å²) >= 11 is 0. The van der Waals surface area contributed by atoms with Gasteiger partial charge in [0.25, 0.3) is 0 Å². The molecule has 2 saturated carbocycles. The SMILES string of the molecule is c1ccc(-c2nc(C3CC4CCC3C4)nc3c2CCC3)cc1. The van der Waals surface area contributed by atoms with E-state index in [1.54, 1.807) is 0 Å². The predicted octanol–water partition coefficient (Wildman–Crippen LogP) is 4.54. The third-order valence-electron chi connectivity index (χ3n) is 6.07. The molecule has 2 heteroatoms. The molecule has 112 valence electrons. The molecule has 2 bridgehead atoms. The quantitative estimate of drug-likeness (QED) is 0.811. The standard InChI is InChI=1S/C20H22N2/c1-2-5-14(6-3-1)19-16-7-4-8-18(16)21-20(22-19)17-12-13-9-10-15(17)11-13/h1-3,5-6,13,15,17H,4,7-12H2. The van der Waals surface area contributed by atoms with Gasteiger partial charge in [-0.05, 0) is 50.4 Å². The molecule has 0 N–H and O–H groups in total. The van der Waals surface area contributed by atoms with E-state index in [9.17, 15) is 0 Å². The summed E-state index contributed by atoms with van der Waals surface area (Å²) < 4.78 is 0. The van der Waals surface area contributed by atoms with Crippen LogP contribution >= 0.6 is 0 Å². The van der Waals surface area contributed by atoms with Gasteiger partial charge in [-0.25, -0.2) is 9.97 Å². The van der Waals surface area contributed by atoms with E-state index < -0.39 is 0 Å². The molecule has 1 aromatic carbocycles. The van der Waals surface area contributed by atoms with Crippen LogP contribution in [0.25, 0.3) is 11.3 Å². The second-order valence-electron chi connectivity index (χ2n) is 7.36. The number of aryl methyl sites for hydroxylation is 1. The third kappa shape index (κ3) is 1.93. The number of nitrogens with zero attached hydrogens (tertiary/aromatic N) is 2. The number of fused-ring (bicyclic) bond motifs is 3. The molecular formula is C20H22N2. The minimum absolute atomic E-state index is 0.632. The van der Waals surface area contributed by atoms with E-state index >= 15 is 0 Å². The maximum atomic E-state index is 5.10. The average Bonchev–Trinajstić information content (AvgIpc) is 3.30. The molecule has 2 aromatic rings. The molecule has 1 heterocycles. The largest absolute Gasteiger partial charge is 0.237 e. The summed E-state index contributed by atoms with van der Waals surface area (Å²) in [6.07, 6.45) is 9.13. The third-order valence-corrected chi connectivity index (χ3v) is 6.07. The molecule has 2 fully saturated rings. The number of benzene rings is 1. The van der Waals surface area contributed by atoms with E-state index in [1.165, 1.54) is 54.6 Å². The summed E-state index contributed by atoms with van der Waals surface area (Å²) in [6, 6.07) is 10.7. The van der Waals surface area contributed by atoms with Gasteiger partial charge in [-0.15, -0.1) is 0 Å². The number of rotatable bonds is 2. The van der Waals surface area contributed by atoms with Gasteiger partial charge in [0.2, 0.25) is 0 Å². The fraction of sp³-hybridized carbons (Fsp3) is 0.500. The Labute approximate surface area is 132 Å². The Hall–Kier alpha value is -1.70. The van der Waals surface area contributed by atoms with Gasteiger partial charge < -0.3 is 0 Å². The fourth-order valence-electron chi connectivity index (χ4n) is 5.01. The van der Waals surface area contributed by atoms with Crippen LogP contribution in [0, 0.1) is 11.8 Å². The lowest BCUT2D eigenvalue weighted by atomic mass is 9.88. The van der Waals surface area contributed by atoms with Gasteiger partial charge in [0.1, 0.15) is 5.82 Å². The minimum atomic E-state index is 0.632. The molecule has 0 spiro atoms. The molecule has 5 rings (SSSR count). The Kier molecular flexibility index (Phi) is 2.86. The van der Waals surface area contributed by atoms with Gasteiger partial charge in [0.15, 0.2) is 0 Å². The molecule has 1 aromatic heterocycles. The van der Waals surface area contributed by atoms with Crippen molar-refractivity contribution in [2.24, 2.45) is 11.8 Å². The Balaban J connectivity index is 1.62. The van der Waals surface area contributed by atoms with Gasteiger partial charge in [-0.1, -0.05) is 36.8 Å². The monoisotopic (exact) mass is 290 g/mol. The smallest absolute Gasteiger partial charge is 0.132 e. The van der Waals surface area contributed by atoms with Crippen molar-refractivity contribution in [1.82, 2.24) is 9.97 Å². The summed E-state index contributed by atoms with van der Waals surface area (Å²) in [5.41, 5.74) is 5.25. The number of aromatic nitrogens is 2. The van der Waals surface area contributed by atoms with Crippen LogP contribution in [0.3, 0.4) is 0 Å². The van der Waals surface area contributed by atoms with Crippen molar-refractivity contribution in [1.29, 1.82) is 0 Å². The first-order chi connectivity index (χ1) is 10.9. The highest BCUT2D eigenvalue weighted by atomic mass is 14.9. The van der Waals surface area contributed by atoms with Crippen LogP contribution in [-0.4, -0.2) is 9.97 Å². The van der Waals surface area contributed by atoms with Gasteiger partial charge >= 0.3 is 0 Å². The fourth-order valence-corrected chi connectivity index (χ4v) is 5.01. The summed E-state index contributed by atoms with van der Waals surface area (Å²) in [4.78, 5) is 10.1. The van der Waals surface area contributed by atoms with Crippen LogP contribution in [0.15, 0.2) is 30.3 Å². The van der Waals surface area contributed by atoms with Crippen molar-refractivity contribution >= 4 is 0 Å². The maximum absolute atomic E-state index is 5.10. The van der Waals surface area contributed by atoms with E-state index in [0.29, 0.717) is 5.92 Å². The Bertz CT molecular complexity index is 707. The van der Waals surface area contributed by atoms with Crippen molar-refractivity contribution in [2.45, 2.75) is 50.9 Å². The van der Waals surface area contributed by atoms with Crippen LogP contribution in [0.2, 0.25) is 0 Å². The first kappa shape index (κ1) is 12.8. The molecule has 22 heavy (non-hydrogen) atoms. The van der Waals surface area contributed by atoms with Crippen LogP contribution in [0.1, 0.15) is 55.1 Å². The highest BCUT2D eigenvalue weighted by molar-refractivity contribution is 5.64. The predicted molar refractivity (Wildman–Crippen MR) is 87.7 cm³/mol. The van der Waals surface area contributed by atoms with E-state index in [-0.39, 0.29) is 0 Å². The lowest BCUT2D eigenvalue weighted by molar-refractivity contribution is 0.405. The molecule has 2 nitrogen and oxygen atoms in total. The zero-order valence-electron chi connectivity index (χ0n) is 13.0. The van der Waals surface area contributed by atoms with Gasteiger partial charge in [0, 0.05) is 22.7 Å². The first-order valence-corrected chi connectivity index (χ1v) is 8.83. The normalized spacial score (nSPS) is 29.0. The van der Waals surface area contributed by atoms with Crippen molar-refractivity contribution in [3.05, 3.63) is 47.4 Å². The van der Waals surface area contributed by atoms with Gasteiger partial charge in [0.05, 0.1) is 5.69 Å². The lowest BCUT2D eigenvalue weighted by Gasteiger charge is -2.22. The molecule has 0 aliphatic heterocycles. The van der Waals surface area contributed by atoms with Crippen LogP contribution in [0.5, 0.6) is 0 Å². The minimum Gasteiger partial charge on any atom is -0.237 e. The summed E-state index contributed by atoms with van der Waals surface area (Å²) in [7, 11) is 0. The summed E-state index contributed by atoms with van der Waals surface area (Å²) in [6.45, 7) is 0. The lowest BCUT2D eigenvalue weighted by Crippen LogP contribution is -2.14. The first-order valence-electron chi connectivity index (χ1n) is 8.83. The Morgan fingerprint density at radius 2 is 1.82 bits per heavy atom. The molecule has 3 atom stereocenters. The second kappa shape index (κ2) is 4.91. The van der Waals surface area contributed by atoms with Crippen molar-refractivity contribution in [3.8, 4) is 11.3 Å². The number of hydrogen-bond donors (Lipinski definition) is 0. The molecule has 0 saturated heterocycles. The molecule has 0 radical (unpaired) electrons. The Morgan fingerprint density at radius 1 is 0.909 bits per heavy atom. The van der Waals surface area contributed by atoms with Crippen LogP contribution in [-0.2, 0) is 12.8 Å². The molecule has 3 unspecified atom stereocenters. The second-order valence-corrected chi connectivity index (χ2v) is 7.36. The zero-order valence-corrected chi connectivity index (χ0v) is 13.0. The van der Waals surface area contributed by atoms with Crippen molar-refractivity contribution in [3.63, 3.8) is 0 Å². The van der Waals surface area contributed by atoms with Crippen molar-refractivity contribution in [2.75, 3.05) is 0 Å². The van der Waals surface area contributed by atoms with Gasteiger partial charge in [-0.3, -0.25) is 0 Å². The van der Waals surface area contributed by atoms with E-state index in [0.717, 1.165) is 30.5 Å². The average molecular weight is 290 g/mol. The molecule has 0 amide bonds. The van der Waals surface area contributed by atoms with Gasteiger partial charge in [-0.2, -0.15) is 0 Å². The van der Waals surface area contributed by atoms with Crippen LogP contribution < -0.4 is 0 Å². The molecule has 3 aliphatic rings. The van der Waals surface area contributed by atoms with E-state index in [1.807, 2.05) is 0 Å². The van der Waals surface area contributed by atoms with E-state index in [2.05, 4.69) is 30.3 Å². The Morgan fingerprint density at radius 3 is 2.59 bits per heavy atom. The number of hydrogen-bond acceptors (Lipinski definition) is 2. The van der Waals surface area contributed by atoms with Crippen LogP contribution in [0.4, 0.5) is 0 Å². The topological polar surface area (TPSA) is 25.8 Å². The molecule has 3 aliphatic carbocycles. The molecular weight excluding hydrogens is 268 g/mol. The highest BCUT2D eigenvalue weighted by Gasteiger charge is 2.42. The summed E-state index contributed by atoms with van der Waals surface area (Å²) in [5.74, 6) is 3.60. The zero-order chi connectivity index (χ0) is 14.5. The summed E-state index contributed by atoms with van der Waals surface area (Å²) in [5, 5.41) is 0. The van der Waals surface area contributed by atoms with E-state index in [4.69, 9.17) is 9.97 Å². The highest BCUT2D eigenvalue weighted by Crippen LogP contribution is 2.52. The maximum Gasteiger partial charge on any atom is 0.132 e. The van der Waals surface area contributed by atoms with Crippen molar-refractivity contribution < 1.29 is 0 Å².